The first-order valence-electron chi connectivity index (χ1n) is 15.0. The van der Waals surface area contributed by atoms with Gasteiger partial charge in [0.25, 0.3) is 0 Å². The Morgan fingerprint density at radius 2 is 1.00 bits per heavy atom. The highest BCUT2D eigenvalue weighted by Crippen LogP contribution is 2.34. The number of benzene rings is 4. The fourth-order valence-corrected chi connectivity index (χ4v) is 6.69. The molecule has 6 aromatic heterocycles. The van der Waals surface area contributed by atoms with Gasteiger partial charge in [-0.15, -0.1) is 0 Å². The topological polar surface area (TPSA) is 87.2 Å². The molecule has 10 aromatic rings. The molecule has 0 saturated carbocycles. The van der Waals surface area contributed by atoms with Crippen molar-refractivity contribution < 1.29 is 0 Å². The summed E-state index contributed by atoms with van der Waals surface area (Å²) >= 11 is 0. The zero-order valence-corrected chi connectivity index (χ0v) is 24.3. The number of pyridine rings is 3. The standard InChI is InChI=1S/C38H22N8/c1-3-13-31-27(9-1)28-10-2-4-14-32(28)45(31)37-42-34(25-17-18-26-24(22-25)16-15-23-8-5-19-39-33(23)26)43-38(44-37)46-35-29(11-6-20-40-35)30-12-7-21-41-36(30)46/h1-22H. The zero-order chi connectivity index (χ0) is 30.2. The molecule has 10 rings (SSSR count). The van der Waals surface area contributed by atoms with Crippen molar-refractivity contribution in [3.8, 4) is 23.3 Å². The van der Waals surface area contributed by atoms with Crippen molar-refractivity contribution in [2.24, 2.45) is 0 Å². The lowest BCUT2D eigenvalue weighted by atomic mass is 10.0. The lowest BCUT2D eigenvalue weighted by Gasteiger charge is -2.12. The first kappa shape index (κ1) is 24.9. The van der Waals surface area contributed by atoms with Gasteiger partial charge in [-0.3, -0.25) is 9.55 Å². The van der Waals surface area contributed by atoms with E-state index in [9.17, 15) is 0 Å². The molecule has 0 amide bonds. The van der Waals surface area contributed by atoms with Crippen molar-refractivity contribution in [2.75, 3.05) is 0 Å². The van der Waals surface area contributed by atoms with Crippen molar-refractivity contribution in [1.29, 1.82) is 0 Å². The SMILES string of the molecule is c1cnc2c(c1)ccc1cc(-c3nc(-n4c5ccccc5c5ccccc54)nc(-n4c5ncccc5c5cccnc54)n3)ccc12. The second-order valence-corrected chi connectivity index (χ2v) is 11.3. The molecule has 0 N–H and O–H groups in total. The van der Waals surface area contributed by atoms with Gasteiger partial charge in [-0.25, -0.2) is 14.5 Å². The molecule has 0 bridgehead atoms. The summed E-state index contributed by atoms with van der Waals surface area (Å²) in [5.74, 6) is 1.51. The van der Waals surface area contributed by atoms with E-state index in [-0.39, 0.29) is 0 Å². The molecule has 0 atom stereocenters. The zero-order valence-electron chi connectivity index (χ0n) is 24.3. The molecule has 8 nitrogen and oxygen atoms in total. The molecule has 6 heterocycles. The van der Waals surface area contributed by atoms with Crippen LogP contribution >= 0.6 is 0 Å². The molecular formula is C38H22N8. The number of hydrogen-bond acceptors (Lipinski definition) is 6. The van der Waals surface area contributed by atoms with E-state index in [1.165, 1.54) is 0 Å². The fraction of sp³-hybridized carbons (Fsp3) is 0. The Hall–Kier alpha value is -6.54. The van der Waals surface area contributed by atoms with Gasteiger partial charge in [-0.05, 0) is 53.9 Å². The van der Waals surface area contributed by atoms with Crippen LogP contribution in [0.2, 0.25) is 0 Å². The second kappa shape index (κ2) is 9.48. The minimum absolute atomic E-state index is 0.444. The monoisotopic (exact) mass is 590 g/mol. The van der Waals surface area contributed by atoms with Crippen molar-refractivity contribution in [2.45, 2.75) is 0 Å². The summed E-state index contributed by atoms with van der Waals surface area (Å²) in [7, 11) is 0. The molecule has 0 aliphatic rings. The number of fused-ring (bicyclic) bond motifs is 9. The maximum absolute atomic E-state index is 5.16. The van der Waals surface area contributed by atoms with Crippen LogP contribution in [0.1, 0.15) is 0 Å². The molecule has 46 heavy (non-hydrogen) atoms. The molecule has 8 heteroatoms. The molecule has 0 fully saturated rings. The van der Waals surface area contributed by atoms with Gasteiger partial charge >= 0.3 is 0 Å². The third-order valence-corrected chi connectivity index (χ3v) is 8.73. The van der Waals surface area contributed by atoms with Gasteiger partial charge in [0, 0.05) is 56.5 Å². The van der Waals surface area contributed by atoms with E-state index >= 15 is 0 Å². The highest BCUT2D eigenvalue weighted by molar-refractivity contribution is 6.09. The number of nitrogens with zero attached hydrogens (tertiary/aromatic N) is 8. The molecular weight excluding hydrogens is 568 g/mol. The van der Waals surface area contributed by atoms with Crippen LogP contribution < -0.4 is 0 Å². The fourth-order valence-electron chi connectivity index (χ4n) is 6.69. The van der Waals surface area contributed by atoms with E-state index < -0.39 is 0 Å². The van der Waals surface area contributed by atoms with Gasteiger partial charge in [-0.2, -0.15) is 15.0 Å². The Morgan fingerprint density at radius 3 is 1.72 bits per heavy atom. The Kier molecular flexibility index (Phi) is 5.12. The van der Waals surface area contributed by atoms with E-state index in [2.05, 4.69) is 94.5 Å². The van der Waals surface area contributed by atoms with Crippen molar-refractivity contribution in [1.82, 2.24) is 39.0 Å². The summed E-state index contributed by atoms with van der Waals surface area (Å²) in [5.41, 5.74) is 5.34. The van der Waals surface area contributed by atoms with E-state index in [0.717, 1.165) is 71.1 Å². The highest BCUT2D eigenvalue weighted by atomic mass is 15.3. The van der Waals surface area contributed by atoms with Crippen LogP contribution in [-0.4, -0.2) is 39.0 Å². The molecule has 0 radical (unpaired) electrons. The smallest absolute Gasteiger partial charge is 0.242 e. The molecule has 0 saturated heterocycles. The number of hydrogen-bond donors (Lipinski definition) is 0. The normalized spacial score (nSPS) is 11.9. The van der Waals surface area contributed by atoms with Gasteiger partial charge in [0.15, 0.2) is 5.82 Å². The van der Waals surface area contributed by atoms with Gasteiger partial charge in [0.2, 0.25) is 11.9 Å². The number of para-hydroxylation sites is 2. The van der Waals surface area contributed by atoms with Crippen molar-refractivity contribution in [3.63, 3.8) is 0 Å². The van der Waals surface area contributed by atoms with Gasteiger partial charge < -0.3 is 0 Å². The first-order chi connectivity index (χ1) is 22.8. The Morgan fingerprint density at radius 1 is 0.413 bits per heavy atom. The third kappa shape index (κ3) is 3.55. The van der Waals surface area contributed by atoms with Crippen molar-refractivity contribution >= 4 is 65.5 Å². The predicted molar refractivity (Wildman–Crippen MR) is 182 cm³/mol. The number of rotatable bonds is 3. The molecule has 0 spiro atoms. The van der Waals surface area contributed by atoms with Gasteiger partial charge in [0.1, 0.15) is 11.3 Å². The average molecular weight is 591 g/mol. The van der Waals surface area contributed by atoms with E-state index in [4.69, 9.17) is 24.9 Å². The maximum atomic E-state index is 5.16. The second-order valence-electron chi connectivity index (χ2n) is 11.3. The summed E-state index contributed by atoms with van der Waals surface area (Å²) in [6, 6.07) is 39.3. The minimum atomic E-state index is 0.444. The summed E-state index contributed by atoms with van der Waals surface area (Å²) < 4.78 is 4.05. The van der Waals surface area contributed by atoms with Crippen LogP contribution in [0.5, 0.6) is 0 Å². The third-order valence-electron chi connectivity index (χ3n) is 8.73. The first-order valence-corrected chi connectivity index (χ1v) is 15.0. The van der Waals surface area contributed by atoms with Crippen LogP contribution in [-0.2, 0) is 0 Å². The summed E-state index contributed by atoms with van der Waals surface area (Å²) in [6.45, 7) is 0. The van der Waals surface area contributed by atoms with Gasteiger partial charge in [0.05, 0.1) is 16.6 Å². The van der Waals surface area contributed by atoms with Crippen LogP contribution in [0.15, 0.2) is 134 Å². The minimum Gasteiger partial charge on any atom is -0.278 e. The summed E-state index contributed by atoms with van der Waals surface area (Å²) in [4.78, 5) is 29.6. The maximum Gasteiger partial charge on any atom is 0.242 e. The molecule has 4 aromatic carbocycles. The predicted octanol–water partition coefficient (Wildman–Crippen LogP) is 8.22. The quantitative estimate of drug-likeness (QED) is 0.193. The number of aromatic nitrogens is 8. The molecule has 0 unspecified atom stereocenters. The Labute approximate surface area is 261 Å². The highest BCUT2D eigenvalue weighted by Gasteiger charge is 2.21. The Bertz CT molecular complexity index is 2590. The van der Waals surface area contributed by atoms with Crippen LogP contribution in [0.3, 0.4) is 0 Å². The van der Waals surface area contributed by atoms with Crippen LogP contribution in [0, 0.1) is 0 Å². The average Bonchev–Trinajstić information content (AvgIpc) is 3.64. The molecule has 0 aliphatic heterocycles. The van der Waals surface area contributed by atoms with Crippen LogP contribution in [0.25, 0.3) is 88.8 Å². The lowest BCUT2D eigenvalue weighted by Crippen LogP contribution is -2.11. The Balaban J connectivity index is 1.30. The molecule has 0 aliphatic carbocycles. The molecule has 214 valence electrons. The van der Waals surface area contributed by atoms with Crippen molar-refractivity contribution in [3.05, 3.63) is 134 Å². The lowest BCUT2D eigenvalue weighted by molar-refractivity contribution is 0.883. The summed E-state index contributed by atoms with van der Waals surface area (Å²) in [6.07, 6.45) is 5.41. The van der Waals surface area contributed by atoms with E-state index in [0.29, 0.717) is 17.7 Å². The van der Waals surface area contributed by atoms with E-state index in [1.807, 2.05) is 41.1 Å². The largest absolute Gasteiger partial charge is 0.278 e. The van der Waals surface area contributed by atoms with Crippen LogP contribution in [0.4, 0.5) is 0 Å². The van der Waals surface area contributed by atoms with E-state index in [1.54, 1.807) is 12.4 Å². The van der Waals surface area contributed by atoms with Gasteiger partial charge in [-0.1, -0.05) is 66.7 Å². The summed E-state index contributed by atoms with van der Waals surface area (Å²) in [5, 5.41) is 7.47.